The average molecular weight is 1510 g/mol. The number of hydrogen-bond acceptors (Lipinski definition) is 16. The van der Waals surface area contributed by atoms with Crippen LogP contribution in [0.25, 0.3) is 80.6 Å². The Labute approximate surface area is 615 Å². The first-order valence-electron chi connectivity index (χ1n) is 32.7. The Morgan fingerprint density at radius 2 is 0.922 bits per heavy atom. The summed E-state index contributed by atoms with van der Waals surface area (Å²) in [7, 11) is 4.94. The van der Waals surface area contributed by atoms with E-state index < -0.39 is 11.2 Å². The lowest BCUT2D eigenvalue weighted by molar-refractivity contribution is -0.121. The molecule has 6 aromatic carbocycles. The maximum Gasteiger partial charge on any atom is 0.247 e. The average Bonchev–Trinajstić information content (AvgIpc) is 0.778. The van der Waals surface area contributed by atoms with Crippen LogP contribution in [-0.4, -0.2) is 133 Å². The predicted octanol–water partition coefficient (Wildman–Crippen LogP) is 14.1. The van der Waals surface area contributed by atoms with E-state index >= 15 is 0 Å². The van der Waals surface area contributed by atoms with Crippen molar-refractivity contribution in [1.29, 1.82) is 0 Å². The van der Waals surface area contributed by atoms with Gasteiger partial charge in [-0.3, -0.25) is 34.2 Å². The van der Waals surface area contributed by atoms with E-state index in [1.165, 1.54) is 0 Å². The van der Waals surface area contributed by atoms with Crippen molar-refractivity contribution in [1.82, 2.24) is 40.9 Å². The smallest absolute Gasteiger partial charge is 0.247 e. The molecular formula is C79H74ClIN14O8. The molecule has 3 aliphatic rings. The molecule has 103 heavy (non-hydrogen) atoms. The summed E-state index contributed by atoms with van der Waals surface area (Å²) in [6.07, 6.45) is 8.54. The number of rotatable bonds is 11. The standard InChI is InChI=1S/C29H27N5O3.C21H18N4O2.C17H11IN2O.C8H10ClNO.C4H8N2O/c1-29(2,36)20-10-13-25(31-16-20)34-15-14-33(18-26(34)35)24-17-32-27-22(6-5-7-23(27)28(24)37-4)19-8-11-21(30-3)12-9-19;1-22-15-8-6-14(7-9-15)16-4-3-5-17-20(16)24-12-18(21(17)27-2)25-11-10-23-19(26)13-25;1-19-12-8-6-11(7-9-12)13-4-3-5-14-16(13)20-10-15(18)17(14)21-2;1-8(2,11)6-3-4-7(9)10-5-6;7-4-3-5-1-2-6-4/h5-13,16-17,36H,14-15,18H2,1-2,4H3;3-9,12H,10-11,13H2,2H3,(H,23,26);3-10H,2H3;3-5,11H,1-2H3;5H,1-3H2,(H,6,7). The summed E-state index contributed by atoms with van der Waals surface area (Å²) in [4.78, 5) is 73.4. The van der Waals surface area contributed by atoms with E-state index in [4.69, 9.17) is 55.5 Å². The number of carbonyl (C=O) groups excluding carboxylic acids is 3. The number of para-hydroxylation sites is 3. The molecule has 11 aromatic rings. The van der Waals surface area contributed by atoms with Gasteiger partial charge in [-0.25, -0.2) is 24.5 Å². The van der Waals surface area contributed by atoms with Gasteiger partial charge in [-0.05, 0) is 97.3 Å². The van der Waals surface area contributed by atoms with Gasteiger partial charge in [0.05, 0.1) is 116 Å². The van der Waals surface area contributed by atoms with E-state index in [1.807, 2.05) is 119 Å². The molecular weight excluding hydrogens is 1440 g/mol. The van der Waals surface area contributed by atoms with Crippen LogP contribution in [0.3, 0.4) is 0 Å². The fourth-order valence-electron chi connectivity index (χ4n) is 11.6. The molecule has 24 heteroatoms. The van der Waals surface area contributed by atoms with Crippen LogP contribution in [0, 0.1) is 23.3 Å². The number of halogens is 2. The van der Waals surface area contributed by atoms with Gasteiger partial charge in [-0.15, -0.1) is 0 Å². The molecule has 5 aromatic heterocycles. The van der Waals surface area contributed by atoms with E-state index in [0.29, 0.717) is 84.4 Å². The summed E-state index contributed by atoms with van der Waals surface area (Å²) in [6.45, 7) is 33.1. The van der Waals surface area contributed by atoms with E-state index in [-0.39, 0.29) is 24.3 Å². The topological polar surface area (TPSA) is 243 Å². The minimum atomic E-state index is -0.991. The molecule has 22 nitrogen and oxygen atoms in total. The number of nitrogens with one attached hydrogen (secondary N) is 3. The van der Waals surface area contributed by atoms with Crippen LogP contribution in [0.5, 0.6) is 17.2 Å². The Balaban J connectivity index is 0.000000152. The molecule has 0 aliphatic carbocycles. The van der Waals surface area contributed by atoms with Crippen molar-refractivity contribution < 1.29 is 38.8 Å². The van der Waals surface area contributed by atoms with E-state index in [0.717, 1.165) is 105 Å². The molecule has 0 spiro atoms. The highest BCUT2D eigenvalue weighted by Gasteiger charge is 2.30. The maximum atomic E-state index is 13.1. The summed E-state index contributed by atoms with van der Waals surface area (Å²) in [5.74, 6) is 2.82. The molecule has 0 unspecified atom stereocenters. The zero-order valence-electron chi connectivity index (χ0n) is 57.7. The third-order valence-electron chi connectivity index (χ3n) is 17.0. The van der Waals surface area contributed by atoms with Gasteiger partial charge >= 0.3 is 0 Å². The van der Waals surface area contributed by atoms with E-state index in [9.17, 15) is 24.6 Å². The third-order valence-corrected chi connectivity index (χ3v) is 18.0. The quantitative estimate of drug-likeness (QED) is 0.0459. The Morgan fingerprint density at radius 3 is 1.29 bits per heavy atom. The number of methoxy groups -OCH3 is 3. The molecule has 3 fully saturated rings. The van der Waals surface area contributed by atoms with Crippen LogP contribution >= 0.6 is 34.2 Å². The van der Waals surface area contributed by atoms with Gasteiger partial charge in [0.1, 0.15) is 16.7 Å². The highest BCUT2D eigenvalue weighted by molar-refractivity contribution is 14.1. The number of aromatic nitrogens is 5. The van der Waals surface area contributed by atoms with Crippen LogP contribution in [0.4, 0.5) is 34.3 Å². The second kappa shape index (κ2) is 33.9. The number of nitrogens with zero attached hydrogens (tertiary/aromatic N) is 11. The number of carbonyl (C=O) groups is 3. The number of benzene rings is 6. The summed E-state index contributed by atoms with van der Waals surface area (Å²) < 4.78 is 18.1. The van der Waals surface area contributed by atoms with Gasteiger partial charge in [-0.2, -0.15) is 0 Å². The Kier molecular flexibility index (Phi) is 24.4. The molecule has 8 heterocycles. The Bertz CT molecular complexity index is 4990. The Hall–Kier alpha value is -11.4. The fraction of sp³-hybridized carbons (Fsp3) is 0.228. The largest absolute Gasteiger partial charge is 0.495 e. The zero-order valence-corrected chi connectivity index (χ0v) is 60.6. The number of piperazine rings is 3. The molecule has 0 atom stereocenters. The van der Waals surface area contributed by atoms with Crippen LogP contribution in [0.2, 0.25) is 5.15 Å². The number of fused-ring (bicyclic) bond motifs is 3. The van der Waals surface area contributed by atoms with E-state index in [1.54, 1.807) is 127 Å². The zero-order chi connectivity index (χ0) is 73.4. The molecule has 3 aliphatic heterocycles. The fourth-order valence-corrected chi connectivity index (χ4v) is 12.4. The first-order chi connectivity index (χ1) is 49.6. The van der Waals surface area contributed by atoms with E-state index in [2.05, 4.69) is 68.0 Å². The molecule has 14 rings (SSSR count). The highest BCUT2D eigenvalue weighted by Crippen LogP contribution is 2.42. The van der Waals surface area contributed by atoms with Crippen LogP contribution in [0.15, 0.2) is 183 Å². The molecule has 5 N–H and O–H groups in total. The molecule has 522 valence electrons. The first kappa shape index (κ1) is 74.3. The van der Waals surface area contributed by atoms with Crippen molar-refractivity contribution >= 4 is 119 Å². The minimum absolute atomic E-state index is 0.00273. The molecule has 0 saturated carbocycles. The minimum Gasteiger partial charge on any atom is -0.495 e. The second-order valence-electron chi connectivity index (χ2n) is 24.7. The third kappa shape index (κ3) is 18.0. The van der Waals surface area contributed by atoms with Gasteiger partial charge in [0.2, 0.25) is 17.7 Å². The number of pyridine rings is 5. The van der Waals surface area contributed by atoms with Crippen molar-refractivity contribution in [3.63, 3.8) is 0 Å². The molecule has 0 bridgehead atoms. The normalized spacial score (nSPS) is 13.5. The predicted molar refractivity (Wildman–Crippen MR) is 412 cm³/mol. The van der Waals surface area contributed by atoms with Crippen molar-refractivity contribution in [2.75, 3.05) is 94.9 Å². The summed E-state index contributed by atoms with van der Waals surface area (Å²) >= 11 is 7.79. The van der Waals surface area contributed by atoms with Crippen LogP contribution < -0.4 is 44.9 Å². The lowest BCUT2D eigenvalue weighted by atomic mass is 10.0. The maximum absolute atomic E-state index is 13.1. The van der Waals surface area contributed by atoms with Gasteiger partial charge in [0.25, 0.3) is 0 Å². The number of aliphatic hydroxyl groups is 2. The summed E-state index contributed by atoms with van der Waals surface area (Å²) in [5.41, 5.74) is 11.5. The highest BCUT2D eigenvalue weighted by atomic mass is 127. The molecule has 0 radical (unpaired) electrons. The molecule has 3 saturated heterocycles. The monoisotopic (exact) mass is 1510 g/mol. The lowest BCUT2D eigenvalue weighted by Gasteiger charge is -2.35. The van der Waals surface area contributed by atoms with Crippen molar-refractivity contribution in [3.8, 4) is 50.6 Å². The first-order valence-corrected chi connectivity index (χ1v) is 34.1. The van der Waals surface area contributed by atoms with Crippen molar-refractivity contribution in [2.24, 2.45) is 0 Å². The second-order valence-corrected chi connectivity index (χ2v) is 26.3. The van der Waals surface area contributed by atoms with Gasteiger partial charge < -0.3 is 50.2 Å². The number of hydrogen-bond donors (Lipinski definition) is 5. The van der Waals surface area contributed by atoms with Crippen LogP contribution in [0.1, 0.15) is 38.8 Å². The van der Waals surface area contributed by atoms with Crippen molar-refractivity contribution in [2.45, 2.75) is 38.9 Å². The van der Waals surface area contributed by atoms with Gasteiger partial charge in [0.15, 0.2) is 28.6 Å². The van der Waals surface area contributed by atoms with Gasteiger partial charge in [0, 0.05) is 102 Å². The number of ether oxygens (including phenoxy) is 3. The number of amides is 3. The molecule has 3 amide bonds. The number of anilines is 3. The summed E-state index contributed by atoms with van der Waals surface area (Å²) in [6, 6.07) is 47.4. The SMILES string of the molecule is CC(C)(O)c1ccc(Cl)nc1.O=C1CNCCN1.[C-]#[N+]c1ccc(-c2cccc3c(OC)c(I)cnc23)cc1.[C-]#[N+]c1ccc(-c2cccc3c(OC)c(N4CCN(c5ccc(C(C)(C)O)cn5)C(=O)C4)cnc23)cc1.[C-]#[N+]c1ccc(-c2cccc3c(OC)c(N4CCNC(=O)C4)cnc23)cc1. The lowest BCUT2D eigenvalue weighted by Crippen LogP contribution is -2.51. The Morgan fingerprint density at radius 1 is 0.485 bits per heavy atom. The van der Waals surface area contributed by atoms with Crippen LogP contribution in [-0.2, 0) is 25.6 Å². The van der Waals surface area contributed by atoms with Gasteiger partial charge in [-0.1, -0.05) is 133 Å². The van der Waals surface area contributed by atoms with Crippen molar-refractivity contribution in [3.05, 3.63) is 237 Å². The summed E-state index contributed by atoms with van der Waals surface area (Å²) in [5, 5.41) is 31.3.